The zero-order chi connectivity index (χ0) is 16.2. The Bertz CT molecular complexity index is 354. The van der Waals surface area contributed by atoms with Crippen molar-refractivity contribution >= 4 is 0 Å². The number of nitrogens with zero attached hydrogens (tertiary/aromatic N) is 2. The topological polar surface area (TPSA) is 87.4 Å². The Morgan fingerprint density at radius 3 is 1.18 bits per heavy atom. The summed E-state index contributed by atoms with van der Waals surface area (Å²) in [5.74, 6) is 0. The van der Waals surface area contributed by atoms with E-state index in [-0.39, 0.29) is 26.4 Å². The number of aliphatic hydroxyl groups excluding tert-OH is 4. The lowest BCUT2D eigenvalue weighted by atomic mass is 10.1. The molecule has 0 spiro atoms. The molecule has 0 bridgehead atoms. The smallest absolute Gasteiger partial charge is 0.0558 e. The molecule has 6 nitrogen and oxygen atoms in total. The lowest BCUT2D eigenvalue weighted by Crippen LogP contribution is -2.32. The van der Waals surface area contributed by atoms with Gasteiger partial charge in [0.15, 0.2) is 0 Å². The molecule has 126 valence electrons. The highest BCUT2D eigenvalue weighted by atomic mass is 16.3. The number of benzene rings is 1. The third-order valence-electron chi connectivity index (χ3n) is 3.57. The van der Waals surface area contributed by atoms with Crippen LogP contribution in [0.25, 0.3) is 0 Å². The van der Waals surface area contributed by atoms with Crippen molar-refractivity contribution in [3.63, 3.8) is 0 Å². The van der Waals surface area contributed by atoms with Crippen LogP contribution in [0.2, 0.25) is 0 Å². The molecule has 0 amide bonds. The van der Waals surface area contributed by atoms with Gasteiger partial charge in [-0.3, -0.25) is 9.80 Å². The van der Waals surface area contributed by atoms with Gasteiger partial charge in [0.25, 0.3) is 0 Å². The van der Waals surface area contributed by atoms with Crippen LogP contribution in [0, 0.1) is 0 Å². The Kier molecular flexibility index (Phi) is 9.98. The van der Waals surface area contributed by atoms with E-state index in [4.69, 9.17) is 20.4 Å². The Hall–Kier alpha value is -1.02. The van der Waals surface area contributed by atoms with Crippen LogP contribution in [0.1, 0.15) is 11.1 Å². The first-order valence-corrected chi connectivity index (χ1v) is 7.70. The Balaban J connectivity index is 2.78. The molecule has 1 aromatic carbocycles. The van der Waals surface area contributed by atoms with Gasteiger partial charge in [-0.25, -0.2) is 0 Å². The third-order valence-corrected chi connectivity index (χ3v) is 3.57. The minimum atomic E-state index is 0.0588. The predicted molar refractivity (Wildman–Crippen MR) is 85.3 cm³/mol. The second kappa shape index (κ2) is 11.5. The molecule has 1 rings (SSSR count). The van der Waals surface area contributed by atoms with Gasteiger partial charge in [0.05, 0.1) is 26.4 Å². The maximum Gasteiger partial charge on any atom is 0.0558 e. The average molecular weight is 312 g/mol. The van der Waals surface area contributed by atoms with Crippen molar-refractivity contribution in [1.82, 2.24) is 9.80 Å². The summed E-state index contributed by atoms with van der Waals surface area (Å²) >= 11 is 0. The zero-order valence-electron chi connectivity index (χ0n) is 13.1. The van der Waals surface area contributed by atoms with Crippen LogP contribution in [0.5, 0.6) is 0 Å². The average Bonchev–Trinajstić information content (AvgIpc) is 2.50. The van der Waals surface area contributed by atoms with E-state index in [1.54, 1.807) is 0 Å². The molecule has 4 N–H and O–H groups in total. The molecule has 0 aliphatic heterocycles. The van der Waals surface area contributed by atoms with Gasteiger partial charge in [-0.05, 0) is 11.1 Å². The minimum Gasteiger partial charge on any atom is -0.395 e. The van der Waals surface area contributed by atoms with Gasteiger partial charge in [0.1, 0.15) is 0 Å². The standard InChI is InChI=1S/C16H28N2O4/c19-9-5-17(6-10-20)13-15-3-1-2-4-16(15)14-18(7-11-21)8-12-22/h1-4,19-22H,5-14H2. The highest BCUT2D eigenvalue weighted by Gasteiger charge is 2.11. The Labute approximate surface area is 132 Å². The van der Waals surface area contributed by atoms with Crippen molar-refractivity contribution in [2.45, 2.75) is 13.1 Å². The van der Waals surface area contributed by atoms with Crippen LogP contribution in [0.4, 0.5) is 0 Å². The van der Waals surface area contributed by atoms with Crippen LogP contribution in [0.3, 0.4) is 0 Å². The number of hydrogen-bond donors (Lipinski definition) is 4. The Morgan fingerprint density at radius 2 is 0.909 bits per heavy atom. The van der Waals surface area contributed by atoms with Crippen LogP contribution in [-0.2, 0) is 13.1 Å². The molecule has 0 saturated heterocycles. The van der Waals surface area contributed by atoms with Gasteiger partial charge >= 0.3 is 0 Å². The molecule has 0 fully saturated rings. The molecule has 0 atom stereocenters. The first kappa shape index (κ1) is 19.0. The Morgan fingerprint density at radius 1 is 0.591 bits per heavy atom. The third kappa shape index (κ3) is 6.83. The quantitative estimate of drug-likeness (QED) is 0.407. The summed E-state index contributed by atoms with van der Waals surface area (Å²) in [5, 5.41) is 36.4. The van der Waals surface area contributed by atoms with Crippen molar-refractivity contribution in [1.29, 1.82) is 0 Å². The van der Waals surface area contributed by atoms with E-state index < -0.39 is 0 Å². The number of hydrogen-bond acceptors (Lipinski definition) is 6. The fourth-order valence-electron chi connectivity index (χ4n) is 2.45. The molecule has 22 heavy (non-hydrogen) atoms. The summed E-state index contributed by atoms with van der Waals surface area (Å²) < 4.78 is 0. The van der Waals surface area contributed by atoms with Gasteiger partial charge in [0, 0.05) is 39.3 Å². The molecule has 0 aromatic heterocycles. The van der Waals surface area contributed by atoms with Crippen LogP contribution in [-0.4, -0.2) is 82.8 Å². The fraction of sp³-hybridized carbons (Fsp3) is 0.625. The second-order valence-electron chi connectivity index (χ2n) is 5.22. The molecule has 0 heterocycles. The number of rotatable bonds is 12. The van der Waals surface area contributed by atoms with E-state index in [0.29, 0.717) is 39.3 Å². The highest BCUT2D eigenvalue weighted by Crippen LogP contribution is 2.14. The normalized spacial score (nSPS) is 11.5. The molecule has 0 radical (unpaired) electrons. The van der Waals surface area contributed by atoms with Crippen molar-refractivity contribution in [3.05, 3.63) is 35.4 Å². The molecule has 6 heteroatoms. The van der Waals surface area contributed by atoms with Gasteiger partial charge in [-0.15, -0.1) is 0 Å². The maximum atomic E-state index is 9.11. The largest absolute Gasteiger partial charge is 0.395 e. The fourth-order valence-corrected chi connectivity index (χ4v) is 2.45. The first-order chi connectivity index (χ1) is 10.7. The van der Waals surface area contributed by atoms with Gasteiger partial charge < -0.3 is 20.4 Å². The first-order valence-electron chi connectivity index (χ1n) is 7.70. The predicted octanol–water partition coefficient (Wildman–Crippen LogP) is -0.740. The van der Waals surface area contributed by atoms with Crippen LogP contribution >= 0.6 is 0 Å². The van der Waals surface area contributed by atoms with Crippen LogP contribution < -0.4 is 0 Å². The van der Waals surface area contributed by atoms with Gasteiger partial charge in [-0.2, -0.15) is 0 Å². The van der Waals surface area contributed by atoms with E-state index in [0.717, 1.165) is 11.1 Å². The highest BCUT2D eigenvalue weighted by molar-refractivity contribution is 5.27. The van der Waals surface area contributed by atoms with Gasteiger partial charge in [0.2, 0.25) is 0 Å². The molecular weight excluding hydrogens is 284 g/mol. The van der Waals surface area contributed by atoms with Crippen LogP contribution in [0.15, 0.2) is 24.3 Å². The van der Waals surface area contributed by atoms with E-state index in [2.05, 4.69) is 0 Å². The lowest BCUT2D eigenvalue weighted by Gasteiger charge is -2.25. The van der Waals surface area contributed by atoms with Crippen molar-refractivity contribution in [3.8, 4) is 0 Å². The molecule has 1 aromatic rings. The van der Waals surface area contributed by atoms with Gasteiger partial charge in [-0.1, -0.05) is 24.3 Å². The van der Waals surface area contributed by atoms with E-state index in [1.165, 1.54) is 0 Å². The molecule has 0 unspecified atom stereocenters. The minimum absolute atomic E-state index is 0.0588. The van der Waals surface area contributed by atoms with Crippen molar-refractivity contribution in [2.75, 3.05) is 52.6 Å². The molecule has 0 saturated carbocycles. The monoisotopic (exact) mass is 312 g/mol. The lowest BCUT2D eigenvalue weighted by molar-refractivity contribution is 0.149. The summed E-state index contributed by atoms with van der Waals surface area (Å²) in [4.78, 5) is 4.00. The van der Waals surface area contributed by atoms with Crippen molar-refractivity contribution in [2.24, 2.45) is 0 Å². The zero-order valence-corrected chi connectivity index (χ0v) is 13.1. The van der Waals surface area contributed by atoms with Crippen molar-refractivity contribution < 1.29 is 20.4 Å². The van der Waals surface area contributed by atoms with E-state index >= 15 is 0 Å². The maximum absolute atomic E-state index is 9.11. The molecule has 0 aliphatic carbocycles. The molecular formula is C16H28N2O4. The molecule has 0 aliphatic rings. The van der Waals surface area contributed by atoms with E-state index in [1.807, 2.05) is 34.1 Å². The second-order valence-corrected chi connectivity index (χ2v) is 5.22. The van der Waals surface area contributed by atoms with E-state index in [9.17, 15) is 0 Å². The number of aliphatic hydroxyl groups is 4. The SMILES string of the molecule is OCCN(CCO)Cc1ccccc1CN(CCO)CCO. The summed E-state index contributed by atoms with van der Waals surface area (Å²) in [6.45, 7) is 3.63. The summed E-state index contributed by atoms with van der Waals surface area (Å²) in [5.41, 5.74) is 2.26. The summed E-state index contributed by atoms with van der Waals surface area (Å²) in [6, 6.07) is 8.01. The summed E-state index contributed by atoms with van der Waals surface area (Å²) in [7, 11) is 0. The summed E-state index contributed by atoms with van der Waals surface area (Å²) in [6.07, 6.45) is 0.